The molecule has 0 aromatic carbocycles. The Hall–Kier alpha value is -1.24. The third-order valence-electron chi connectivity index (χ3n) is 13.5. The first-order valence-electron chi connectivity index (χ1n) is 21.0. The van der Waals surface area contributed by atoms with Crippen molar-refractivity contribution in [3.05, 3.63) is 0 Å². The van der Waals surface area contributed by atoms with E-state index in [1.54, 1.807) is 0 Å². The van der Waals surface area contributed by atoms with E-state index in [9.17, 15) is 117 Å². The lowest BCUT2D eigenvalue weighted by Gasteiger charge is -2.67. The standard InChI is InChI=1S/C36H62O31/c37-1-6-11(42)15(46)21(52)29(60-6)35(28(58)20(51)26(57)34(66-35)65-27-10(5-41)63-32(59)24(55)19(27)50)36(30-22(53)16(47)12(43)7(2-38)61-30,31-23(54)17(48)13(44)8(3-39)62-31)67-33-25(56)18(49)14(45)9(4-40)64-33/h6-34,37-59H,1-5H2/t6-,7-,8-,9-,10-,11+,12+,13+,14+,15+,16+,17+,18+,19-,20-,21-,22-,23-,24-,25-,26-,27-,28-,29?,30?,31?,32+,33?,34-,35-,36?/m1/s1. The van der Waals surface area contributed by atoms with Gasteiger partial charge in [0, 0.05) is 0 Å². The summed E-state index contributed by atoms with van der Waals surface area (Å²) < 4.78 is 46.9. The molecule has 23 N–H and O–H groups in total. The summed E-state index contributed by atoms with van der Waals surface area (Å²) in [5.74, 6) is 0. The summed E-state index contributed by atoms with van der Waals surface area (Å²) >= 11 is 0. The van der Waals surface area contributed by atoms with Crippen LogP contribution in [0.15, 0.2) is 0 Å². The van der Waals surface area contributed by atoms with Crippen molar-refractivity contribution >= 4 is 0 Å². The number of aliphatic hydroxyl groups excluding tert-OH is 23. The fourth-order valence-electron chi connectivity index (χ4n) is 9.77. The number of rotatable bonds is 13. The summed E-state index contributed by atoms with van der Waals surface area (Å²) in [5, 5.41) is 257. The average molecular weight is 991 g/mol. The largest absolute Gasteiger partial charge is 0.394 e. The molecular weight excluding hydrogens is 928 g/mol. The molecule has 67 heavy (non-hydrogen) atoms. The van der Waals surface area contributed by atoms with Crippen LogP contribution in [0.4, 0.5) is 0 Å². The van der Waals surface area contributed by atoms with E-state index in [4.69, 9.17) is 37.9 Å². The molecule has 392 valence electrons. The highest BCUT2D eigenvalue weighted by atomic mass is 16.8. The fraction of sp³-hybridized carbons (Fsp3) is 1.00. The smallest absolute Gasteiger partial charge is 0.187 e. The van der Waals surface area contributed by atoms with Crippen molar-refractivity contribution in [1.29, 1.82) is 0 Å². The van der Waals surface area contributed by atoms with Crippen molar-refractivity contribution in [2.45, 2.75) is 189 Å². The molecule has 6 aliphatic heterocycles. The van der Waals surface area contributed by atoms with Crippen LogP contribution in [0, 0.1) is 0 Å². The molecule has 0 spiro atoms. The third-order valence-corrected chi connectivity index (χ3v) is 13.5. The van der Waals surface area contributed by atoms with E-state index in [-0.39, 0.29) is 0 Å². The van der Waals surface area contributed by atoms with Gasteiger partial charge in [0.05, 0.1) is 33.0 Å². The van der Waals surface area contributed by atoms with Crippen LogP contribution >= 0.6 is 0 Å². The number of aliphatic hydroxyl groups is 23. The van der Waals surface area contributed by atoms with Gasteiger partial charge in [-0.15, -0.1) is 0 Å². The Morgan fingerprint density at radius 1 is 0.358 bits per heavy atom. The van der Waals surface area contributed by atoms with Crippen LogP contribution in [0.1, 0.15) is 0 Å². The van der Waals surface area contributed by atoms with Crippen LogP contribution in [0.5, 0.6) is 0 Å². The minimum atomic E-state index is -4.06. The van der Waals surface area contributed by atoms with E-state index in [0.29, 0.717) is 0 Å². The Morgan fingerprint density at radius 2 is 0.761 bits per heavy atom. The van der Waals surface area contributed by atoms with Crippen LogP contribution in [-0.2, 0) is 37.9 Å². The van der Waals surface area contributed by atoms with Crippen LogP contribution < -0.4 is 0 Å². The molecular formula is C36H62O31. The first kappa shape index (κ1) is 55.1. The quantitative estimate of drug-likeness (QED) is 0.0815. The molecule has 0 aromatic heterocycles. The number of hydrogen-bond donors (Lipinski definition) is 23. The summed E-state index contributed by atoms with van der Waals surface area (Å²) in [5.41, 5.74) is -8.11. The minimum absolute atomic E-state index is 1.18. The highest BCUT2D eigenvalue weighted by molar-refractivity contribution is 5.28. The van der Waals surface area contributed by atoms with Gasteiger partial charge in [0.1, 0.15) is 159 Å². The second-order valence-electron chi connectivity index (χ2n) is 17.4. The summed E-state index contributed by atoms with van der Waals surface area (Å²) in [6.45, 7) is -6.48. The molecule has 0 aliphatic carbocycles. The Labute approximate surface area is 377 Å². The molecule has 0 amide bonds. The third kappa shape index (κ3) is 9.06. The van der Waals surface area contributed by atoms with Crippen molar-refractivity contribution in [3.8, 4) is 0 Å². The molecule has 6 heterocycles. The zero-order chi connectivity index (χ0) is 49.9. The predicted octanol–water partition coefficient (Wildman–Crippen LogP) is -15.9. The zero-order valence-corrected chi connectivity index (χ0v) is 34.8. The average Bonchev–Trinajstić information content (AvgIpc) is 3.31. The first-order valence-corrected chi connectivity index (χ1v) is 21.0. The lowest BCUT2D eigenvalue weighted by molar-refractivity contribution is -0.476. The van der Waals surface area contributed by atoms with Gasteiger partial charge in [0.15, 0.2) is 30.1 Å². The Bertz CT molecular complexity index is 1540. The molecule has 30 atom stereocenters. The molecule has 0 saturated carbocycles. The first-order chi connectivity index (χ1) is 31.5. The van der Waals surface area contributed by atoms with Crippen LogP contribution in [0.3, 0.4) is 0 Å². The van der Waals surface area contributed by atoms with Gasteiger partial charge in [-0.3, -0.25) is 0 Å². The van der Waals surface area contributed by atoms with Gasteiger partial charge in [-0.25, -0.2) is 0 Å². The van der Waals surface area contributed by atoms with Gasteiger partial charge in [-0.05, 0) is 0 Å². The van der Waals surface area contributed by atoms with Crippen molar-refractivity contribution in [2.75, 3.05) is 33.0 Å². The molecule has 6 aliphatic rings. The van der Waals surface area contributed by atoms with E-state index in [1.807, 2.05) is 0 Å². The van der Waals surface area contributed by atoms with Gasteiger partial charge in [0.2, 0.25) is 0 Å². The molecule has 6 rings (SSSR count). The highest BCUT2D eigenvalue weighted by Gasteiger charge is 2.81. The summed E-state index contributed by atoms with van der Waals surface area (Å²) in [7, 11) is 0. The van der Waals surface area contributed by atoms with Gasteiger partial charge in [-0.1, -0.05) is 0 Å². The van der Waals surface area contributed by atoms with E-state index in [1.165, 1.54) is 0 Å². The van der Waals surface area contributed by atoms with Crippen LogP contribution in [-0.4, -0.2) is 339 Å². The molecule has 0 aromatic rings. The summed E-state index contributed by atoms with van der Waals surface area (Å²) in [6.07, 6.45) is -74.2. The molecule has 6 fully saturated rings. The molecule has 0 radical (unpaired) electrons. The van der Waals surface area contributed by atoms with Crippen molar-refractivity contribution in [2.24, 2.45) is 0 Å². The van der Waals surface area contributed by atoms with E-state index < -0.39 is 222 Å². The number of ether oxygens (including phenoxy) is 8. The van der Waals surface area contributed by atoms with Gasteiger partial charge < -0.3 is 155 Å². The van der Waals surface area contributed by atoms with Crippen molar-refractivity contribution in [3.63, 3.8) is 0 Å². The lowest BCUT2D eigenvalue weighted by Crippen LogP contribution is -2.90. The summed E-state index contributed by atoms with van der Waals surface area (Å²) in [6, 6.07) is 0. The van der Waals surface area contributed by atoms with Gasteiger partial charge >= 0.3 is 0 Å². The maximum Gasteiger partial charge on any atom is 0.187 e. The van der Waals surface area contributed by atoms with Crippen molar-refractivity contribution in [1.82, 2.24) is 0 Å². The van der Waals surface area contributed by atoms with Gasteiger partial charge in [0.25, 0.3) is 0 Å². The van der Waals surface area contributed by atoms with E-state index >= 15 is 0 Å². The molecule has 6 saturated heterocycles. The maximum absolute atomic E-state index is 12.7. The van der Waals surface area contributed by atoms with E-state index in [2.05, 4.69) is 0 Å². The SMILES string of the molecule is OC[C@H]1OC(OC(C2O[C@H](CO)[C@H](O)[C@H](O)[C@H]2O)(C2O[C@H](CO)[C@H](O)[C@H](O)[C@H]2O)[C@@]2(C3O[C@H](CO)[C@H](O)[C@H](O)[C@H]3O)O[C@@H](O[C@H]3[C@H](O)[C@@H](O)[C@@H](O)O[C@@H]3CO)[C@H](O)[C@@H](O)[C@H]2O)[C@H](O)[C@@H](O)[C@H]1O. The molecule has 0 bridgehead atoms. The topological polar surface area (TPSA) is 539 Å². The van der Waals surface area contributed by atoms with E-state index in [0.717, 1.165) is 0 Å². The maximum atomic E-state index is 12.7. The second-order valence-corrected chi connectivity index (χ2v) is 17.4. The van der Waals surface area contributed by atoms with Crippen LogP contribution in [0.25, 0.3) is 0 Å². The van der Waals surface area contributed by atoms with Gasteiger partial charge in [-0.2, -0.15) is 0 Å². The Morgan fingerprint density at radius 3 is 1.22 bits per heavy atom. The van der Waals surface area contributed by atoms with Crippen LogP contribution in [0.2, 0.25) is 0 Å². The Kier molecular flexibility index (Phi) is 17.6. The monoisotopic (exact) mass is 990 g/mol. The fourth-order valence-corrected chi connectivity index (χ4v) is 9.77. The Balaban J connectivity index is 1.76. The minimum Gasteiger partial charge on any atom is -0.394 e. The lowest BCUT2D eigenvalue weighted by atomic mass is 9.59. The molecule has 31 nitrogen and oxygen atoms in total. The zero-order valence-electron chi connectivity index (χ0n) is 34.8. The normalized spacial score (nSPS) is 55.5. The number of hydrogen-bond acceptors (Lipinski definition) is 31. The molecule has 4 unspecified atom stereocenters. The predicted molar refractivity (Wildman–Crippen MR) is 199 cm³/mol. The summed E-state index contributed by atoms with van der Waals surface area (Å²) in [4.78, 5) is 0. The second kappa shape index (κ2) is 21.5. The highest BCUT2D eigenvalue weighted by Crippen LogP contribution is 2.56. The van der Waals surface area contributed by atoms with Crippen molar-refractivity contribution < 1.29 is 155 Å². The molecule has 31 heteroatoms.